The van der Waals surface area contributed by atoms with Crippen molar-refractivity contribution in [2.45, 2.75) is 0 Å². The highest BCUT2D eigenvalue weighted by Gasteiger charge is 1.98. The normalized spacial score (nSPS) is 10.5. The van der Waals surface area contributed by atoms with E-state index in [2.05, 4.69) is 9.97 Å². The van der Waals surface area contributed by atoms with Crippen molar-refractivity contribution < 1.29 is 9.84 Å². The maximum Gasteiger partial charge on any atom is 0.138 e. The third kappa shape index (κ3) is 1.62. The smallest absolute Gasteiger partial charge is 0.138 e. The van der Waals surface area contributed by atoms with Gasteiger partial charge in [-0.25, -0.2) is 4.98 Å². The summed E-state index contributed by atoms with van der Waals surface area (Å²) < 4.78 is 5.21. The molecule has 13 heavy (non-hydrogen) atoms. The van der Waals surface area contributed by atoms with Crippen LogP contribution in [-0.2, 0) is 0 Å². The number of hydrogen-bond donors (Lipinski definition) is 2. The Morgan fingerprint density at radius 2 is 2.46 bits per heavy atom. The van der Waals surface area contributed by atoms with E-state index >= 15 is 0 Å². The fourth-order valence-corrected chi connectivity index (χ4v) is 1.16. The molecule has 2 rings (SSSR count). The summed E-state index contributed by atoms with van der Waals surface area (Å²) in [5, 5.41) is 9.56. The molecule has 2 aromatic heterocycles. The first-order valence-electron chi connectivity index (χ1n) is 4.07. The molecule has 0 unspecified atom stereocenters. The lowest BCUT2D eigenvalue weighted by Gasteiger charge is -2.02. The zero-order chi connectivity index (χ0) is 9.10. The van der Waals surface area contributed by atoms with E-state index in [9.17, 15) is 0 Å². The zero-order valence-corrected chi connectivity index (χ0v) is 7.03. The number of aromatic amines is 1. The molecule has 2 heterocycles. The van der Waals surface area contributed by atoms with Gasteiger partial charge in [-0.05, 0) is 12.1 Å². The molecular weight excluding hydrogens is 168 g/mol. The maximum absolute atomic E-state index is 8.55. The molecule has 0 amide bonds. The van der Waals surface area contributed by atoms with Crippen molar-refractivity contribution in [3.8, 4) is 5.75 Å². The third-order valence-corrected chi connectivity index (χ3v) is 1.74. The Hall–Kier alpha value is -1.55. The topological polar surface area (TPSA) is 58.1 Å². The first-order valence-corrected chi connectivity index (χ1v) is 4.07. The molecule has 0 aromatic carbocycles. The lowest BCUT2D eigenvalue weighted by atomic mass is 10.3. The van der Waals surface area contributed by atoms with Crippen LogP contribution in [0.4, 0.5) is 0 Å². The van der Waals surface area contributed by atoms with Crippen LogP contribution >= 0.6 is 0 Å². The fourth-order valence-electron chi connectivity index (χ4n) is 1.16. The number of hydrogen-bond acceptors (Lipinski definition) is 3. The van der Waals surface area contributed by atoms with Crippen LogP contribution in [-0.4, -0.2) is 28.3 Å². The van der Waals surface area contributed by atoms with Crippen molar-refractivity contribution >= 4 is 11.0 Å². The van der Waals surface area contributed by atoms with Gasteiger partial charge in [0.15, 0.2) is 0 Å². The Morgan fingerprint density at radius 3 is 3.31 bits per heavy atom. The zero-order valence-electron chi connectivity index (χ0n) is 7.03. The van der Waals surface area contributed by atoms with Gasteiger partial charge in [-0.2, -0.15) is 0 Å². The summed E-state index contributed by atoms with van der Waals surface area (Å²) in [5.41, 5.74) is 0.844. The summed E-state index contributed by atoms with van der Waals surface area (Å²) in [6.07, 6.45) is 3.46. The monoisotopic (exact) mass is 178 g/mol. The van der Waals surface area contributed by atoms with Crippen LogP contribution in [0.15, 0.2) is 24.5 Å². The van der Waals surface area contributed by atoms with E-state index < -0.39 is 0 Å². The minimum absolute atomic E-state index is 0.0190. The minimum atomic E-state index is 0.0190. The van der Waals surface area contributed by atoms with Gasteiger partial charge in [-0.15, -0.1) is 0 Å². The first kappa shape index (κ1) is 8.07. The molecule has 0 atom stereocenters. The summed E-state index contributed by atoms with van der Waals surface area (Å²) in [6, 6.07) is 3.81. The predicted molar refractivity (Wildman–Crippen MR) is 48.7 cm³/mol. The Morgan fingerprint density at radius 1 is 1.54 bits per heavy atom. The second kappa shape index (κ2) is 3.45. The van der Waals surface area contributed by atoms with E-state index in [4.69, 9.17) is 9.84 Å². The highest BCUT2D eigenvalue weighted by molar-refractivity contribution is 5.76. The molecule has 0 saturated carbocycles. The van der Waals surface area contributed by atoms with E-state index in [0.29, 0.717) is 12.4 Å². The van der Waals surface area contributed by atoms with Gasteiger partial charge in [0.25, 0.3) is 0 Å². The second-order valence-electron chi connectivity index (χ2n) is 2.66. The van der Waals surface area contributed by atoms with Crippen LogP contribution in [0.3, 0.4) is 0 Å². The lowest BCUT2D eigenvalue weighted by Crippen LogP contribution is -2.01. The number of aliphatic hydroxyl groups is 1. The Kier molecular flexibility index (Phi) is 2.14. The highest BCUT2D eigenvalue weighted by atomic mass is 16.5. The molecule has 0 saturated heterocycles. The highest BCUT2D eigenvalue weighted by Crippen LogP contribution is 2.16. The number of aromatic nitrogens is 2. The fraction of sp³-hybridized carbons (Fsp3) is 0.222. The molecule has 2 N–H and O–H groups in total. The summed E-state index contributed by atoms with van der Waals surface area (Å²) in [6.45, 7) is 0.322. The number of rotatable bonds is 3. The molecule has 4 heteroatoms. The van der Waals surface area contributed by atoms with Gasteiger partial charge in [-0.1, -0.05) is 0 Å². The summed E-state index contributed by atoms with van der Waals surface area (Å²) in [7, 11) is 0. The maximum atomic E-state index is 8.55. The van der Waals surface area contributed by atoms with E-state index in [1.165, 1.54) is 0 Å². The summed E-state index contributed by atoms with van der Waals surface area (Å²) in [4.78, 5) is 7.12. The molecular formula is C9H10N2O2. The van der Waals surface area contributed by atoms with Gasteiger partial charge in [0.05, 0.1) is 12.8 Å². The molecule has 2 aromatic rings. The number of nitrogens with one attached hydrogen (secondary N) is 1. The predicted octanol–water partition coefficient (Wildman–Crippen LogP) is 0.934. The molecule has 4 nitrogen and oxygen atoms in total. The van der Waals surface area contributed by atoms with Crippen LogP contribution in [0.5, 0.6) is 5.75 Å². The van der Waals surface area contributed by atoms with Crippen molar-refractivity contribution in [1.82, 2.24) is 9.97 Å². The lowest BCUT2D eigenvalue weighted by molar-refractivity contribution is 0.201. The molecule has 0 bridgehead atoms. The largest absolute Gasteiger partial charge is 0.490 e. The number of pyridine rings is 1. The van der Waals surface area contributed by atoms with E-state index in [0.717, 1.165) is 11.0 Å². The van der Waals surface area contributed by atoms with Gasteiger partial charge < -0.3 is 14.8 Å². The molecule has 0 aliphatic carbocycles. The SMILES string of the molecule is OCCOc1cnc2[nH]ccc2c1. The van der Waals surface area contributed by atoms with Crippen LogP contribution in [0.2, 0.25) is 0 Å². The van der Waals surface area contributed by atoms with Crippen LogP contribution in [0.1, 0.15) is 0 Å². The molecule has 0 radical (unpaired) electrons. The van der Waals surface area contributed by atoms with Gasteiger partial charge in [0, 0.05) is 11.6 Å². The summed E-state index contributed by atoms with van der Waals surface area (Å²) >= 11 is 0. The minimum Gasteiger partial charge on any atom is -0.490 e. The molecule has 0 aliphatic heterocycles. The van der Waals surface area contributed by atoms with Crippen molar-refractivity contribution in [3.63, 3.8) is 0 Å². The number of nitrogens with zero attached hydrogens (tertiary/aromatic N) is 1. The standard InChI is InChI=1S/C9H10N2O2/c12-3-4-13-8-5-7-1-2-10-9(7)11-6-8/h1-2,5-6,12H,3-4H2,(H,10,11). The number of H-pyrrole nitrogens is 1. The molecule has 0 spiro atoms. The van der Waals surface area contributed by atoms with Crippen molar-refractivity contribution in [1.29, 1.82) is 0 Å². The Labute approximate surface area is 75.2 Å². The van der Waals surface area contributed by atoms with Crippen LogP contribution in [0, 0.1) is 0 Å². The van der Waals surface area contributed by atoms with Gasteiger partial charge in [0.1, 0.15) is 18.0 Å². The van der Waals surface area contributed by atoms with Crippen molar-refractivity contribution in [2.24, 2.45) is 0 Å². The van der Waals surface area contributed by atoms with E-state index in [1.807, 2.05) is 18.3 Å². The van der Waals surface area contributed by atoms with Crippen molar-refractivity contribution in [2.75, 3.05) is 13.2 Å². The van der Waals surface area contributed by atoms with Crippen LogP contribution < -0.4 is 4.74 Å². The van der Waals surface area contributed by atoms with Gasteiger partial charge in [-0.3, -0.25) is 0 Å². The average molecular weight is 178 g/mol. The van der Waals surface area contributed by atoms with Gasteiger partial charge in [0.2, 0.25) is 0 Å². The Bertz CT molecular complexity index is 397. The number of ether oxygens (including phenoxy) is 1. The second-order valence-corrected chi connectivity index (χ2v) is 2.66. The first-order chi connectivity index (χ1) is 6.40. The van der Waals surface area contributed by atoms with Gasteiger partial charge >= 0.3 is 0 Å². The van der Waals surface area contributed by atoms with Crippen molar-refractivity contribution in [3.05, 3.63) is 24.5 Å². The molecule has 68 valence electrons. The summed E-state index contributed by atoms with van der Waals surface area (Å²) in [5.74, 6) is 0.682. The molecule has 0 fully saturated rings. The molecule has 0 aliphatic rings. The quantitative estimate of drug-likeness (QED) is 0.735. The number of aliphatic hydroxyl groups excluding tert-OH is 1. The van der Waals surface area contributed by atoms with E-state index in [1.54, 1.807) is 6.20 Å². The van der Waals surface area contributed by atoms with E-state index in [-0.39, 0.29) is 6.61 Å². The average Bonchev–Trinajstić information content (AvgIpc) is 2.61. The van der Waals surface area contributed by atoms with Crippen LogP contribution in [0.25, 0.3) is 11.0 Å². The number of fused-ring (bicyclic) bond motifs is 1. The third-order valence-electron chi connectivity index (χ3n) is 1.74. The Balaban J connectivity index is 2.26.